The van der Waals surface area contributed by atoms with Gasteiger partial charge in [-0.15, -0.1) is 0 Å². The van der Waals surface area contributed by atoms with Crippen molar-refractivity contribution in [3.05, 3.63) is 34.7 Å². The Bertz CT molecular complexity index is 879. The molecule has 7 heteroatoms. The number of benzene rings is 1. The molecule has 2 saturated heterocycles. The molecule has 0 unspecified atom stereocenters. The fourth-order valence-corrected chi connectivity index (χ4v) is 4.66. The number of carbonyl (C=O) groups is 1. The molecule has 1 amide bonds. The Hall–Kier alpha value is -2.28. The number of amides is 1. The van der Waals surface area contributed by atoms with Crippen LogP contribution in [0.2, 0.25) is 0 Å². The highest BCUT2D eigenvalue weighted by Gasteiger charge is 2.36. The molecule has 2 aliphatic rings. The summed E-state index contributed by atoms with van der Waals surface area (Å²) in [5.41, 5.74) is 2.08. The van der Waals surface area contributed by atoms with Crippen LogP contribution in [0.3, 0.4) is 0 Å². The molecule has 2 fully saturated rings. The standard InChI is InChI=1S/C20H28N4O3/c1-20(8-11-23(12-9-20)19(26)27-2)14-22-10-7-15(13-22)24-17-6-4-3-5-16(17)21-18(24)25/h3-6,15H,7-14H2,1-2H3,(H,21,25)/t15-/m1/s1. The van der Waals surface area contributed by atoms with E-state index in [0.717, 1.165) is 63.0 Å². The first-order chi connectivity index (χ1) is 13.0. The molecule has 0 bridgehead atoms. The van der Waals surface area contributed by atoms with Crippen molar-refractivity contribution in [2.75, 3.05) is 39.8 Å². The van der Waals surface area contributed by atoms with Gasteiger partial charge < -0.3 is 19.5 Å². The van der Waals surface area contributed by atoms with Crippen molar-refractivity contribution in [3.8, 4) is 0 Å². The van der Waals surface area contributed by atoms with Crippen molar-refractivity contribution in [1.82, 2.24) is 19.4 Å². The van der Waals surface area contributed by atoms with Gasteiger partial charge in [0.1, 0.15) is 0 Å². The van der Waals surface area contributed by atoms with E-state index in [-0.39, 0.29) is 23.2 Å². The number of para-hydroxylation sites is 2. The van der Waals surface area contributed by atoms with Crippen LogP contribution < -0.4 is 5.69 Å². The normalized spacial score (nSPS) is 23.0. The van der Waals surface area contributed by atoms with E-state index in [1.807, 2.05) is 28.8 Å². The highest BCUT2D eigenvalue weighted by atomic mass is 16.5. The first-order valence-electron chi connectivity index (χ1n) is 9.74. The summed E-state index contributed by atoms with van der Waals surface area (Å²) in [7, 11) is 1.44. The molecule has 0 spiro atoms. The zero-order chi connectivity index (χ0) is 19.0. The molecular weight excluding hydrogens is 344 g/mol. The fraction of sp³-hybridized carbons (Fsp3) is 0.600. The largest absolute Gasteiger partial charge is 0.453 e. The van der Waals surface area contributed by atoms with Gasteiger partial charge >= 0.3 is 11.8 Å². The van der Waals surface area contributed by atoms with E-state index in [9.17, 15) is 9.59 Å². The number of nitrogens with one attached hydrogen (secondary N) is 1. The van der Waals surface area contributed by atoms with E-state index in [0.29, 0.717) is 0 Å². The van der Waals surface area contributed by atoms with Gasteiger partial charge in [0.05, 0.1) is 24.2 Å². The lowest BCUT2D eigenvalue weighted by Gasteiger charge is -2.41. The Morgan fingerprint density at radius 3 is 2.74 bits per heavy atom. The Morgan fingerprint density at radius 2 is 2.00 bits per heavy atom. The number of methoxy groups -OCH3 is 1. The highest BCUT2D eigenvalue weighted by molar-refractivity contribution is 5.75. The van der Waals surface area contributed by atoms with E-state index in [1.165, 1.54) is 7.11 Å². The molecule has 1 atom stereocenters. The Morgan fingerprint density at radius 1 is 1.26 bits per heavy atom. The second-order valence-electron chi connectivity index (χ2n) is 8.26. The number of hydrogen-bond acceptors (Lipinski definition) is 4. The number of aromatic amines is 1. The molecule has 4 rings (SSSR count). The average Bonchev–Trinajstić information content (AvgIpc) is 3.24. The van der Waals surface area contributed by atoms with Crippen molar-refractivity contribution in [2.24, 2.45) is 5.41 Å². The van der Waals surface area contributed by atoms with Gasteiger partial charge in [-0.25, -0.2) is 9.59 Å². The van der Waals surface area contributed by atoms with Crippen LogP contribution in [0, 0.1) is 5.41 Å². The van der Waals surface area contributed by atoms with Gasteiger partial charge in [0.15, 0.2) is 0 Å². The number of H-pyrrole nitrogens is 1. The van der Waals surface area contributed by atoms with Gasteiger partial charge in [0.2, 0.25) is 0 Å². The maximum absolute atomic E-state index is 12.5. The minimum absolute atomic E-state index is 0.0133. The number of rotatable bonds is 3. The molecular formula is C20H28N4O3. The molecule has 1 N–H and O–H groups in total. The number of carbonyl (C=O) groups excluding carboxylic acids is 1. The van der Waals surface area contributed by atoms with Gasteiger partial charge in [-0.1, -0.05) is 19.1 Å². The van der Waals surface area contributed by atoms with Crippen molar-refractivity contribution < 1.29 is 9.53 Å². The minimum atomic E-state index is -0.225. The van der Waals surface area contributed by atoms with Crippen LogP contribution in [0.15, 0.2) is 29.1 Å². The number of hydrogen-bond donors (Lipinski definition) is 1. The third-order valence-corrected chi connectivity index (χ3v) is 6.25. The van der Waals surface area contributed by atoms with Crippen molar-refractivity contribution in [1.29, 1.82) is 0 Å². The van der Waals surface area contributed by atoms with Crippen molar-refractivity contribution in [3.63, 3.8) is 0 Å². The van der Waals surface area contributed by atoms with Gasteiger partial charge in [0, 0.05) is 32.7 Å². The molecule has 7 nitrogen and oxygen atoms in total. The van der Waals surface area contributed by atoms with Crippen LogP contribution in [0.25, 0.3) is 11.0 Å². The summed E-state index contributed by atoms with van der Waals surface area (Å²) in [6.45, 7) is 6.73. The summed E-state index contributed by atoms with van der Waals surface area (Å²) in [5.74, 6) is 0. The zero-order valence-corrected chi connectivity index (χ0v) is 16.1. The number of aromatic nitrogens is 2. The van der Waals surface area contributed by atoms with Gasteiger partial charge in [0.25, 0.3) is 0 Å². The van der Waals surface area contributed by atoms with Crippen LogP contribution in [0.4, 0.5) is 4.79 Å². The Labute approximate surface area is 158 Å². The number of fused-ring (bicyclic) bond motifs is 1. The summed E-state index contributed by atoms with van der Waals surface area (Å²) in [6, 6.07) is 8.11. The first-order valence-corrected chi connectivity index (χ1v) is 9.74. The summed E-state index contributed by atoms with van der Waals surface area (Å²) in [4.78, 5) is 31.4. The van der Waals surface area contributed by atoms with Crippen LogP contribution in [0.5, 0.6) is 0 Å². The molecule has 0 radical (unpaired) electrons. The average molecular weight is 372 g/mol. The number of nitrogens with zero attached hydrogens (tertiary/aromatic N) is 3. The lowest BCUT2D eigenvalue weighted by atomic mass is 9.80. The van der Waals surface area contributed by atoms with Crippen molar-refractivity contribution >= 4 is 17.1 Å². The smallest absolute Gasteiger partial charge is 0.409 e. The Balaban J connectivity index is 1.41. The molecule has 1 aromatic heterocycles. The Kier molecular flexibility index (Phi) is 4.72. The quantitative estimate of drug-likeness (QED) is 0.898. The predicted molar refractivity (Wildman–Crippen MR) is 104 cm³/mol. The molecule has 146 valence electrons. The predicted octanol–water partition coefficient (Wildman–Crippen LogP) is 2.44. The maximum Gasteiger partial charge on any atom is 0.409 e. The SMILES string of the molecule is COC(=O)N1CCC(C)(CN2CC[C@@H](n3c(=O)[nH]c4ccccc43)C2)CC1. The van der Waals surface area contributed by atoms with Crippen LogP contribution >= 0.6 is 0 Å². The third-order valence-electron chi connectivity index (χ3n) is 6.25. The van der Waals surface area contributed by atoms with E-state index in [1.54, 1.807) is 4.90 Å². The number of piperidine rings is 1. The molecule has 2 aromatic rings. The van der Waals surface area contributed by atoms with E-state index >= 15 is 0 Å². The number of imidazole rings is 1. The van der Waals surface area contributed by atoms with Gasteiger partial charge in [-0.05, 0) is 36.8 Å². The molecule has 27 heavy (non-hydrogen) atoms. The fourth-order valence-electron chi connectivity index (χ4n) is 4.66. The first kappa shape index (κ1) is 18.1. The topological polar surface area (TPSA) is 70.6 Å². The lowest BCUT2D eigenvalue weighted by molar-refractivity contribution is 0.0673. The molecule has 3 heterocycles. The van der Waals surface area contributed by atoms with Gasteiger partial charge in [-0.3, -0.25) is 4.57 Å². The third kappa shape index (κ3) is 3.48. The second-order valence-corrected chi connectivity index (χ2v) is 8.26. The summed E-state index contributed by atoms with van der Waals surface area (Å²) in [6.07, 6.45) is 2.73. The molecule has 0 saturated carbocycles. The monoisotopic (exact) mass is 372 g/mol. The van der Waals surface area contributed by atoms with E-state index in [4.69, 9.17) is 4.74 Å². The van der Waals surface area contributed by atoms with Crippen molar-refractivity contribution in [2.45, 2.75) is 32.2 Å². The molecule has 0 aliphatic carbocycles. The number of likely N-dealkylation sites (tertiary alicyclic amines) is 2. The number of ether oxygens (including phenoxy) is 1. The van der Waals surface area contributed by atoms with E-state index < -0.39 is 0 Å². The summed E-state index contributed by atoms with van der Waals surface area (Å²) >= 11 is 0. The summed E-state index contributed by atoms with van der Waals surface area (Å²) in [5, 5.41) is 0. The van der Waals surface area contributed by atoms with Crippen LogP contribution in [-0.4, -0.2) is 65.3 Å². The van der Waals surface area contributed by atoms with Gasteiger partial charge in [-0.2, -0.15) is 0 Å². The zero-order valence-electron chi connectivity index (χ0n) is 16.1. The maximum atomic E-state index is 12.5. The van der Waals surface area contributed by atoms with E-state index in [2.05, 4.69) is 16.8 Å². The van der Waals surface area contributed by atoms with Crippen LogP contribution in [0.1, 0.15) is 32.2 Å². The minimum Gasteiger partial charge on any atom is -0.453 e. The molecule has 1 aromatic carbocycles. The molecule has 2 aliphatic heterocycles. The van der Waals surface area contributed by atoms with Crippen LogP contribution in [-0.2, 0) is 4.74 Å². The highest BCUT2D eigenvalue weighted by Crippen LogP contribution is 2.34. The lowest BCUT2D eigenvalue weighted by Crippen LogP contribution is -2.46. The second kappa shape index (κ2) is 7.03. The summed E-state index contributed by atoms with van der Waals surface area (Å²) < 4.78 is 6.76.